The number of hydrogen-bond acceptors (Lipinski definition) is 5. The summed E-state index contributed by atoms with van der Waals surface area (Å²) in [5.74, 6) is 2.99. The van der Waals surface area contributed by atoms with Gasteiger partial charge in [0.25, 0.3) is 0 Å². The third kappa shape index (κ3) is 2.73. The Balaban J connectivity index is 1.64. The van der Waals surface area contributed by atoms with E-state index in [1.807, 2.05) is 11.8 Å². The predicted molar refractivity (Wildman–Crippen MR) is 74.3 cm³/mol. The molecule has 3 heterocycles. The van der Waals surface area contributed by atoms with Crippen LogP contribution in [0.2, 0.25) is 5.02 Å². The highest BCUT2D eigenvalue weighted by Gasteiger charge is 2.40. The SMILES string of the molecule is Clc1cnc(N[C@@H]2CCO[C@@]3(CCSC3)C2)nc1. The summed E-state index contributed by atoms with van der Waals surface area (Å²) in [6.45, 7) is 0.825. The fourth-order valence-corrected chi connectivity index (χ4v) is 4.06. The highest BCUT2D eigenvalue weighted by Crippen LogP contribution is 2.38. The second kappa shape index (κ2) is 5.23. The zero-order chi connectivity index (χ0) is 12.4. The Labute approximate surface area is 116 Å². The summed E-state index contributed by atoms with van der Waals surface area (Å²) < 4.78 is 5.99. The van der Waals surface area contributed by atoms with Crippen LogP contribution in [0, 0.1) is 0 Å². The summed E-state index contributed by atoms with van der Waals surface area (Å²) in [7, 11) is 0. The third-order valence-electron chi connectivity index (χ3n) is 3.51. The van der Waals surface area contributed by atoms with Crippen molar-refractivity contribution in [1.29, 1.82) is 0 Å². The van der Waals surface area contributed by atoms with E-state index in [-0.39, 0.29) is 5.60 Å². The fourth-order valence-electron chi connectivity index (χ4n) is 2.58. The van der Waals surface area contributed by atoms with E-state index in [9.17, 15) is 0 Å². The maximum absolute atomic E-state index is 5.99. The van der Waals surface area contributed by atoms with E-state index in [1.54, 1.807) is 12.4 Å². The van der Waals surface area contributed by atoms with Crippen LogP contribution in [0.5, 0.6) is 0 Å². The zero-order valence-corrected chi connectivity index (χ0v) is 11.6. The van der Waals surface area contributed by atoms with Crippen molar-refractivity contribution in [2.45, 2.75) is 30.9 Å². The van der Waals surface area contributed by atoms with E-state index < -0.39 is 0 Å². The largest absolute Gasteiger partial charge is 0.374 e. The first-order chi connectivity index (χ1) is 8.76. The van der Waals surface area contributed by atoms with Crippen molar-refractivity contribution in [3.05, 3.63) is 17.4 Å². The number of aromatic nitrogens is 2. The Morgan fingerprint density at radius 3 is 3.00 bits per heavy atom. The van der Waals surface area contributed by atoms with Gasteiger partial charge in [-0.05, 0) is 25.0 Å². The van der Waals surface area contributed by atoms with Crippen LogP contribution in [-0.2, 0) is 4.74 Å². The number of hydrogen-bond donors (Lipinski definition) is 1. The second-order valence-electron chi connectivity index (χ2n) is 4.89. The Hall–Kier alpha value is -0.520. The minimum Gasteiger partial charge on any atom is -0.374 e. The van der Waals surface area contributed by atoms with E-state index in [0.717, 1.165) is 31.6 Å². The lowest BCUT2D eigenvalue weighted by molar-refractivity contribution is -0.0628. The average Bonchev–Trinajstić information content (AvgIpc) is 2.80. The van der Waals surface area contributed by atoms with E-state index >= 15 is 0 Å². The third-order valence-corrected chi connectivity index (χ3v) is 4.93. The smallest absolute Gasteiger partial charge is 0.222 e. The Morgan fingerprint density at radius 2 is 2.28 bits per heavy atom. The van der Waals surface area contributed by atoms with Crippen LogP contribution >= 0.6 is 23.4 Å². The first kappa shape index (κ1) is 12.5. The molecular formula is C12H16ClN3OS. The molecule has 0 unspecified atom stereocenters. The molecule has 0 bridgehead atoms. The number of anilines is 1. The Morgan fingerprint density at radius 1 is 1.44 bits per heavy atom. The van der Waals surface area contributed by atoms with Crippen LogP contribution < -0.4 is 5.32 Å². The molecule has 4 nitrogen and oxygen atoms in total. The topological polar surface area (TPSA) is 47.0 Å². The summed E-state index contributed by atoms with van der Waals surface area (Å²) in [5, 5.41) is 3.96. The zero-order valence-electron chi connectivity index (χ0n) is 10.1. The van der Waals surface area contributed by atoms with Crippen LogP contribution in [0.25, 0.3) is 0 Å². The fraction of sp³-hybridized carbons (Fsp3) is 0.667. The Kier molecular flexibility index (Phi) is 3.63. The summed E-state index contributed by atoms with van der Waals surface area (Å²) in [6, 6.07) is 0.402. The molecule has 98 valence electrons. The first-order valence-corrected chi connectivity index (χ1v) is 7.75. The lowest BCUT2D eigenvalue weighted by atomic mass is 9.90. The number of nitrogens with one attached hydrogen (secondary N) is 1. The molecule has 2 aliphatic heterocycles. The molecule has 1 N–H and O–H groups in total. The monoisotopic (exact) mass is 285 g/mol. The van der Waals surface area contributed by atoms with Gasteiger partial charge in [-0.3, -0.25) is 0 Å². The van der Waals surface area contributed by atoms with E-state index in [2.05, 4.69) is 15.3 Å². The van der Waals surface area contributed by atoms with Gasteiger partial charge in [-0.15, -0.1) is 0 Å². The Bertz CT molecular complexity index is 408. The van der Waals surface area contributed by atoms with Crippen molar-refractivity contribution < 1.29 is 4.74 Å². The van der Waals surface area contributed by atoms with Crippen molar-refractivity contribution in [3.8, 4) is 0 Å². The van der Waals surface area contributed by atoms with Crippen LogP contribution in [0.3, 0.4) is 0 Å². The summed E-state index contributed by atoms with van der Waals surface area (Å²) in [4.78, 5) is 8.37. The van der Waals surface area contributed by atoms with Gasteiger partial charge < -0.3 is 10.1 Å². The van der Waals surface area contributed by atoms with Gasteiger partial charge in [0.15, 0.2) is 0 Å². The molecule has 2 atom stereocenters. The lowest BCUT2D eigenvalue weighted by Crippen LogP contribution is -2.44. The minimum atomic E-state index is 0.0903. The second-order valence-corrected chi connectivity index (χ2v) is 6.43. The van der Waals surface area contributed by atoms with Crippen molar-refractivity contribution in [1.82, 2.24) is 9.97 Å². The van der Waals surface area contributed by atoms with Crippen LogP contribution in [-0.4, -0.2) is 39.7 Å². The molecule has 18 heavy (non-hydrogen) atoms. The normalized spacial score (nSPS) is 31.7. The standard InChI is InChI=1S/C12H16ClN3OS/c13-9-6-14-11(15-7-9)16-10-1-3-17-12(5-10)2-4-18-8-12/h6-7,10H,1-5,8H2,(H,14,15,16)/t10-,12+/m1/s1. The van der Waals surface area contributed by atoms with Crippen molar-refractivity contribution in [2.75, 3.05) is 23.4 Å². The van der Waals surface area contributed by atoms with Gasteiger partial charge in [0.1, 0.15) is 0 Å². The molecule has 0 radical (unpaired) electrons. The van der Waals surface area contributed by atoms with E-state index in [0.29, 0.717) is 17.0 Å². The molecule has 1 spiro atoms. The minimum absolute atomic E-state index is 0.0903. The first-order valence-electron chi connectivity index (χ1n) is 6.22. The molecule has 2 fully saturated rings. The van der Waals surface area contributed by atoms with Crippen LogP contribution in [0.1, 0.15) is 19.3 Å². The lowest BCUT2D eigenvalue weighted by Gasteiger charge is -2.37. The van der Waals surface area contributed by atoms with Crippen LogP contribution in [0.15, 0.2) is 12.4 Å². The molecule has 1 aromatic rings. The molecule has 3 rings (SSSR count). The highest BCUT2D eigenvalue weighted by molar-refractivity contribution is 7.99. The van der Waals surface area contributed by atoms with Crippen molar-refractivity contribution in [2.24, 2.45) is 0 Å². The van der Waals surface area contributed by atoms with Crippen molar-refractivity contribution >= 4 is 29.3 Å². The average molecular weight is 286 g/mol. The van der Waals surface area contributed by atoms with Gasteiger partial charge in [-0.2, -0.15) is 11.8 Å². The van der Waals surface area contributed by atoms with Gasteiger partial charge >= 0.3 is 0 Å². The molecule has 0 amide bonds. The predicted octanol–water partition coefficient (Wildman–Crippen LogP) is 2.60. The molecule has 6 heteroatoms. The van der Waals surface area contributed by atoms with Gasteiger partial charge in [-0.1, -0.05) is 11.6 Å². The van der Waals surface area contributed by atoms with E-state index in [1.165, 1.54) is 5.75 Å². The molecule has 1 aromatic heterocycles. The number of ether oxygens (including phenoxy) is 1. The molecule has 0 aromatic carbocycles. The number of thioether (sulfide) groups is 1. The molecule has 0 saturated carbocycles. The number of halogens is 1. The molecule has 2 saturated heterocycles. The number of nitrogens with zero attached hydrogens (tertiary/aromatic N) is 2. The summed E-state index contributed by atoms with van der Waals surface area (Å²) in [5.41, 5.74) is 0.0903. The highest BCUT2D eigenvalue weighted by atomic mass is 35.5. The van der Waals surface area contributed by atoms with Crippen molar-refractivity contribution in [3.63, 3.8) is 0 Å². The molecule has 0 aliphatic carbocycles. The van der Waals surface area contributed by atoms with Gasteiger partial charge in [0, 0.05) is 18.4 Å². The quantitative estimate of drug-likeness (QED) is 0.905. The maximum Gasteiger partial charge on any atom is 0.222 e. The van der Waals surface area contributed by atoms with Gasteiger partial charge in [-0.25, -0.2) is 9.97 Å². The van der Waals surface area contributed by atoms with Crippen LogP contribution in [0.4, 0.5) is 5.95 Å². The maximum atomic E-state index is 5.99. The summed E-state index contributed by atoms with van der Waals surface area (Å²) >= 11 is 7.77. The van der Waals surface area contributed by atoms with Gasteiger partial charge in [0.05, 0.1) is 23.0 Å². The number of rotatable bonds is 2. The molecular weight excluding hydrogens is 270 g/mol. The molecule has 2 aliphatic rings. The van der Waals surface area contributed by atoms with Gasteiger partial charge in [0.2, 0.25) is 5.95 Å². The van der Waals surface area contributed by atoms with E-state index in [4.69, 9.17) is 16.3 Å². The summed E-state index contributed by atoms with van der Waals surface area (Å²) in [6.07, 6.45) is 6.47.